The summed E-state index contributed by atoms with van der Waals surface area (Å²) in [5, 5.41) is 4.41. The van der Waals surface area contributed by atoms with E-state index in [-0.39, 0.29) is 11.9 Å². The second kappa shape index (κ2) is 12.6. The molecule has 0 radical (unpaired) electrons. The summed E-state index contributed by atoms with van der Waals surface area (Å²) in [4.78, 5) is 17.3. The van der Waals surface area contributed by atoms with E-state index in [1.165, 1.54) is 12.2 Å². The average Bonchev–Trinajstić information content (AvgIpc) is 2.96. The zero-order chi connectivity index (χ0) is 28.9. The number of para-hydroxylation sites is 2. The summed E-state index contributed by atoms with van der Waals surface area (Å²) >= 11 is 0. The summed E-state index contributed by atoms with van der Waals surface area (Å²) in [5.41, 5.74) is 6.74. The minimum Gasteiger partial charge on any atom is -0.352 e. The van der Waals surface area contributed by atoms with Crippen LogP contribution < -0.4 is 10.7 Å². The van der Waals surface area contributed by atoms with Crippen LogP contribution in [0, 0.1) is 12.8 Å². The number of nitrogens with zero attached hydrogens (tertiary/aromatic N) is 5. The largest absolute Gasteiger partial charge is 0.352 e. The van der Waals surface area contributed by atoms with Crippen LogP contribution in [0.3, 0.4) is 0 Å². The number of fused-ring (bicyclic) bond motifs is 2. The van der Waals surface area contributed by atoms with Gasteiger partial charge in [-0.3, -0.25) is 9.98 Å². The standard InChI is InChI=1S/C34H39FN6/c1-6-26(35)13-12-25(5)41-33-10-8-7-9-29(33)39-32-19-30(38-28-14-11-24(4)36-21-28)31(20-34(32)41)37-27-15-17-40(18-16-27)22-23(2)3/h6-14,19-21,23,27,38H,5,15-18,22H2,1-4H3. The highest BCUT2D eigenvalue weighted by Crippen LogP contribution is 2.30. The van der Waals surface area contributed by atoms with E-state index >= 15 is 0 Å². The number of aromatic nitrogens is 3. The average molecular weight is 551 g/mol. The molecule has 41 heavy (non-hydrogen) atoms. The molecular weight excluding hydrogens is 511 g/mol. The molecule has 7 heteroatoms. The lowest BCUT2D eigenvalue weighted by Crippen LogP contribution is -2.38. The minimum atomic E-state index is -0.313. The Balaban J connectivity index is 1.65. The van der Waals surface area contributed by atoms with Gasteiger partial charge in [-0.2, -0.15) is 0 Å². The number of hydrogen-bond acceptors (Lipinski definition) is 5. The monoisotopic (exact) mass is 550 g/mol. The Morgan fingerprint density at radius 3 is 2.63 bits per heavy atom. The second-order valence-corrected chi connectivity index (χ2v) is 11.2. The molecule has 0 amide bonds. The first-order chi connectivity index (χ1) is 19.8. The molecule has 6 nitrogen and oxygen atoms in total. The highest BCUT2D eigenvalue weighted by molar-refractivity contribution is 5.87. The summed E-state index contributed by atoms with van der Waals surface area (Å²) in [6, 6.07) is 16.3. The smallest absolute Gasteiger partial charge is 0.119 e. The highest BCUT2D eigenvalue weighted by atomic mass is 19.1. The van der Waals surface area contributed by atoms with Crippen LogP contribution in [-0.2, 0) is 0 Å². The van der Waals surface area contributed by atoms with Crippen molar-refractivity contribution in [3.05, 3.63) is 96.4 Å². The third-order valence-corrected chi connectivity index (χ3v) is 7.39. The Morgan fingerprint density at radius 1 is 1.15 bits per heavy atom. The molecule has 1 aromatic heterocycles. The zero-order valence-corrected chi connectivity index (χ0v) is 24.4. The van der Waals surface area contributed by atoms with Gasteiger partial charge in [0.1, 0.15) is 5.83 Å². The van der Waals surface area contributed by atoms with Gasteiger partial charge in [0.2, 0.25) is 0 Å². The van der Waals surface area contributed by atoms with E-state index in [9.17, 15) is 4.39 Å². The van der Waals surface area contributed by atoms with Crippen LogP contribution in [0.2, 0.25) is 0 Å². The maximum Gasteiger partial charge on any atom is 0.119 e. The molecule has 1 aromatic carbocycles. The number of aryl methyl sites for hydroxylation is 1. The van der Waals surface area contributed by atoms with Gasteiger partial charge in [-0.05, 0) is 81.2 Å². The van der Waals surface area contributed by atoms with Crippen molar-refractivity contribution in [3.63, 3.8) is 0 Å². The van der Waals surface area contributed by atoms with Crippen LogP contribution in [0.25, 0.3) is 28.1 Å². The number of piperidine rings is 1. The van der Waals surface area contributed by atoms with Crippen molar-refractivity contribution in [2.24, 2.45) is 10.9 Å². The summed E-state index contributed by atoms with van der Waals surface area (Å²) in [6.07, 6.45) is 8.44. The van der Waals surface area contributed by atoms with E-state index in [4.69, 9.17) is 9.98 Å². The predicted molar refractivity (Wildman–Crippen MR) is 168 cm³/mol. The van der Waals surface area contributed by atoms with E-state index in [0.29, 0.717) is 11.6 Å². The number of pyridine rings is 1. The van der Waals surface area contributed by atoms with Gasteiger partial charge in [-0.1, -0.05) is 38.6 Å². The molecule has 2 aliphatic heterocycles. The van der Waals surface area contributed by atoms with Crippen molar-refractivity contribution in [2.45, 2.75) is 46.6 Å². The number of anilines is 2. The quantitative estimate of drug-likeness (QED) is 0.182. The number of allylic oxidation sites excluding steroid dienone is 5. The van der Waals surface area contributed by atoms with Crippen molar-refractivity contribution in [3.8, 4) is 11.4 Å². The highest BCUT2D eigenvalue weighted by Gasteiger charge is 2.21. The molecule has 212 valence electrons. The van der Waals surface area contributed by atoms with Gasteiger partial charge in [0, 0.05) is 31.0 Å². The molecule has 0 saturated carbocycles. The lowest BCUT2D eigenvalue weighted by atomic mass is 10.0. The third-order valence-electron chi connectivity index (χ3n) is 7.39. The maximum atomic E-state index is 14.0. The number of benzene rings is 2. The summed E-state index contributed by atoms with van der Waals surface area (Å²) in [6.45, 7) is 15.7. The summed E-state index contributed by atoms with van der Waals surface area (Å²) in [5.74, 6) is 0.344. The van der Waals surface area contributed by atoms with Gasteiger partial charge in [-0.15, -0.1) is 0 Å². The van der Waals surface area contributed by atoms with Gasteiger partial charge in [0.25, 0.3) is 0 Å². The predicted octanol–water partition coefficient (Wildman–Crippen LogP) is 7.51. The van der Waals surface area contributed by atoms with Gasteiger partial charge in [0.05, 0.1) is 51.4 Å². The first-order valence-corrected chi connectivity index (χ1v) is 14.4. The zero-order valence-electron chi connectivity index (χ0n) is 24.4. The van der Waals surface area contributed by atoms with E-state index < -0.39 is 0 Å². The molecule has 1 fully saturated rings. The van der Waals surface area contributed by atoms with Crippen LogP contribution in [0.1, 0.15) is 39.3 Å². The number of halogens is 1. The van der Waals surface area contributed by atoms with Crippen LogP contribution in [0.4, 0.5) is 15.8 Å². The fourth-order valence-corrected chi connectivity index (χ4v) is 5.35. The lowest BCUT2D eigenvalue weighted by Gasteiger charge is -2.31. The lowest BCUT2D eigenvalue weighted by molar-refractivity contribution is 0.192. The summed E-state index contributed by atoms with van der Waals surface area (Å²) in [7, 11) is 0. The first-order valence-electron chi connectivity index (χ1n) is 14.4. The molecule has 0 unspecified atom stereocenters. The fourth-order valence-electron chi connectivity index (χ4n) is 5.35. The fraction of sp³-hybridized carbons (Fsp3) is 0.324. The van der Waals surface area contributed by atoms with Gasteiger partial charge in [0.15, 0.2) is 0 Å². The maximum absolute atomic E-state index is 14.0. The number of hydrogen-bond donors (Lipinski definition) is 1. The molecule has 1 N–H and O–H groups in total. The summed E-state index contributed by atoms with van der Waals surface area (Å²) < 4.78 is 16.1. The number of nitrogens with one attached hydrogen (secondary N) is 1. The molecule has 5 rings (SSSR count). The first kappa shape index (κ1) is 28.4. The van der Waals surface area contributed by atoms with Crippen LogP contribution in [0.15, 0.2) is 90.4 Å². The topological polar surface area (TPSA) is 58.3 Å². The van der Waals surface area contributed by atoms with Crippen molar-refractivity contribution in [2.75, 3.05) is 25.0 Å². The van der Waals surface area contributed by atoms with E-state index in [2.05, 4.69) is 41.7 Å². The molecule has 0 atom stereocenters. The van der Waals surface area contributed by atoms with Crippen molar-refractivity contribution in [1.82, 2.24) is 19.4 Å². The molecule has 2 aromatic rings. The third kappa shape index (κ3) is 6.80. The van der Waals surface area contributed by atoms with Gasteiger partial charge < -0.3 is 14.8 Å². The second-order valence-electron chi connectivity index (χ2n) is 11.2. The Morgan fingerprint density at radius 2 is 1.93 bits per heavy atom. The Labute approximate surface area is 242 Å². The molecule has 0 spiro atoms. The van der Waals surface area contributed by atoms with E-state index in [1.807, 2.05) is 60.2 Å². The Bertz CT molecular complexity index is 1620. The molecule has 1 saturated heterocycles. The van der Waals surface area contributed by atoms with Crippen LogP contribution >= 0.6 is 0 Å². The molecule has 1 aliphatic carbocycles. The normalized spacial score (nSPS) is 16.0. The SMILES string of the molecule is C=C(C=CC(F)=CC)n1c2cc(=NC3CCN(CC(C)C)CC3)c(Nc3ccc(C)nc3)cc-2nc2ccccc21. The minimum absolute atomic E-state index is 0.223. The van der Waals surface area contributed by atoms with Crippen molar-refractivity contribution >= 4 is 28.1 Å². The molecule has 3 heterocycles. The van der Waals surface area contributed by atoms with Crippen LogP contribution in [-0.4, -0.2) is 45.1 Å². The van der Waals surface area contributed by atoms with E-state index in [1.54, 1.807) is 13.0 Å². The molecular formula is C34H39FN6. The van der Waals surface area contributed by atoms with Gasteiger partial charge in [-0.25, -0.2) is 9.37 Å². The van der Waals surface area contributed by atoms with Crippen molar-refractivity contribution < 1.29 is 4.39 Å². The Hall–Kier alpha value is -4.10. The Kier molecular flexibility index (Phi) is 8.74. The molecule has 3 aliphatic rings. The van der Waals surface area contributed by atoms with Crippen molar-refractivity contribution in [1.29, 1.82) is 0 Å². The number of rotatable bonds is 8. The van der Waals surface area contributed by atoms with Gasteiger partial charge >= 0.3 is 0 Å². The number of likely N-dealkylation sites (tertiary alicyclic amines) is 1. The van der Waals surface area contributed by atoms with Crippen LogP contribution in [0.5, 0.6) is 0 Å². The molecule has 0 bridgehead atoms. The van der Waals surface area contributed by atoms with E-state index in [0.717, 1.165) is 77.3 Å².